The van der Waals surface area contributed by atoms with Crippen molar-refractivity contribution in [2.75, 3.05) is 26.7 Å². The van der Waals surface area contributed by atoms with E-state index in [2.05, 4.69) is 4.99 Å². The van der Waals surface area contributed by atoms with Crippen molar-refractivity contribution in [2.24, 2.45) is 16.1 Å². The lowest BCUT2D eigenvalue weighted by Gasteiger charge is -2.41. The molecule has 7 nitrogen and oxygen atoms in total. The summed E-state index contributed by atoms with van der Waals surface area (Å²) in [6, 6.07) is 0. The number of likely N-dealkylation sites (tertiary alicyclic amines) is 1. The molecule has 0 atom stereocenters. The zero-order valence-electron chi connectivity index (χ0n) is 15.7. The fraction of sp³-hybridized carbons (Fsp3) is 0.706. The highest BCUT2D eigenvalue weighted by Crippen LogP contribution is 2.31. The van der Waals surface area contributed by atoms with Crippen molar-refractivity contribution in [3.8, 4) is 0 Å². The summed E-state index contributed by atoms with van der Waals surface area (Å²) < 4.78 is 10.4. The number of carbonyl (C=O) groups excluding carboxylic acids is 2. The SMILES string of the molecule is CCOC(=O)/C(N)=C1\CN(C(=O)OC(C)(C)C)CC(C)(C)C1=NC. The van der Waals surface area contributed by atoms with Gasteiger partial charge in [0.25, 0.3) is 0 Å². The summed E-state index contributed by atoms with van der Waals surface area (Å²) in [5.41, 5.74) is 6.14. The molecule has 136 valence electrons. The second-order valence-corrected chi connectivity index (χ2v) is 7.41. The Labute approximate surface area is 143 Å². The predicted molar refractivity (Wildman–Crippen MR) is 92.8 cm³/mol. The molecule has 24 heavy (non-hydrogen) atoms. The van der Waals surface area contributed by atoms with Crippen molar-refractivity contribution in [3.05, 3.63) is 11.3 Å². The van der Waals surface area contributed by atoms with E-state index >= 15 is 0 Å². The van der Waals surface area contributed by atoms with Gasteiger partial charge in [0, 0.05) is 30.3 Å². The third kappa shape index (κ3) is 4.72. The average Bonchev–Trinajstić information content (AvgIpc) is 2.43. The van der Waals surface area contributed by atoms with Gasteiger partial charge in [-0.25, -0.2) is 9.59 Å². The third-order valence-corrected chi connectivity index (χ3v) is 3.56. The summed E-state index contributed by atoms with van der Waals surface area (Å²) in [7, 11) is 1.65. The van der Waals surface area contributed by atoms with Gasteiger partial charge in [-0.15, -0.1) is 0 Å². The fourth-order valence-corrected chi connectivity index (χ4v) is 2.72. The van der Waals surface area contributed by atoms with Gasteiger partial charge in [-0.2, -0.15) is 0 Å². The number of ether oxygens (including phenoxy) is 2. The van der Waals surface area contributed by atoms with Crippen LogP contribution in [0, 0.1) is 5.41 Å². The molecule has 1 aliphatic rings. The van der Waals surface area contributed by atoms with E-state index in [1.807, 2.05) is 34.6 Å². The van der Waals surface area contributed by atoms with Gasteiger partial charge < -0.3 is 20.1 Å². The summed E-state index contributed by atoms with van der Waals surface area (Å²) in [6.45, 7) is 11.8. The minimum absolute atomic E-state index is 0.0150. The van der Waals surface area contributed by atoms with E-state index < -0.39 is 23.1 Å². The van der Waals surface area contributed by atoms with E-state index in [9.17, 15) is 9.59 Å². The maximum Gasteiger partial charge on any atom is 0.410 e. The zero-order valence-corrected chi connectivity index (χ0v) is 15.7. The number of amides is 1. The molecule has 0 unspecified atom stereocenters. The lowest BCUT2D eigenvalue weighted by molar-refractivity contribution is -0.138. The Balaban J connectivity index is 3.23. The molecule has 1 saturated heterocycles. The van der Waals surface area contributed by atoms with Crippen LogP contribution in [0.3, 0.4) is 0 Å². The van der Waals surface area contributed by atoms with Crippen LogP contribution >= 0.6 is 0 Å². The molecule has 0 radical (unpaired) electrons. The highest BCUT2D eigenvalue weighted by Gasteiger charge is 2.40. The second-order valence-electron chi connectivity index (χ2n) is 7.41. The van der Waals surface area contributed by atoms with Crippen molar-refractivity contribution < 1.29 is 19.1 Å². The van der Waals surface area contributed by atoms with Crippen LogP contribution in [0.1, 0.15) is 41.5 Å². The minimum Gasteiger partial charge on any atom is -0.461 e. The fourth-order valence-electron chi connectivity index (χ4n) is 2.72. The second kappa shape index (κ2) is 7.23. The van der Waals surface area contributed by atoms with Gasteiger partial charge in [-0.1, -0.05) is 13.8 Å². The molecule has 0 saturated carbocycles. The van der Waals surface area contributed by atoms with Crippen LogP contribution in [0.2, 0.25) is 0 Å². The van der Waals surface area contributed by atoms with Crippen molar-refractivity contribution >= 4 is 17.8 Å². The van der Waals surface area contributed by atoms with Crippen LogP contribution < -0.4 is 5.73 Å². The summed E-state index contributed by atoms with van der Waals surface area (Å²) in [5.74, 6) is -0.601. The van der Waals surface area contributed by atoms with Crippen molar-refractivity contribution in [2.45, 2.75) is 47.1 Å². The van der Waals surface area contributed by atoms with Crippen molar-refractivity contribution in [3.63, 3.8) is 0 Å². The molecule has 1 fully saturated rings. The first-order chi connectivity index (χ1) is 10.9. The maximum absolute atomic E-state index is 12.4. The number of aliphatic imine (C=N–C) groups is 1. The molecule has 1 amide bonds. The van der Waals surface area contributed by atoms with Gasteiger partial charge in [-0.3, -0.25) is 4.99 Å². The number of esters is 1. The number of hydrogen-bond acceptors (Lipinski definition) is 6. The molecule has 0 aromatic heterocycles. The largest absolute Gasteiger partial charge is 0.461 e. The van der Waals surface area contributed by atoms with E-state index in [0.717, 1.165) is 0 Å². The quantitative estimate of drug-likeness (QED) is 0.614. The van der Waals surface area contributed by atoms with Gasteiger partial charge in [-0.05, 0) is 27.7 Å². The lowest BCUT2D eigenvalue weighted by Crippen LogP contribution is -2.52. The van der Waals surface area contributed by atoms with Crippen molar-refractivity contribution in [1.29, 1.82) is 0 Å². The highest BCUT2D eigenvalue weighted by atomic mass is 16.6. The molecule has 1 rings (SSSR count). The monoisotopic (exact) mass is 339 g/mol. The number of piperidine rings is 1. The summed E-state index contributed by atoms with van der Waals surface area (Å²) in [6.07, 6.45) is -0.445. The maximum atomic E-state index is 12.4. The summed E-state index contributed by atoms with van der Waals surface area (Å²) >= 11 is 0. The Bertz CT molecular complexity index is 571. The van der Waals surface area contributed by atoms with Gasteiger partial charge in [0.1, 0.15) is 11.3 Å². The Morgan fingerprint density at radius 3 is 2.38 bits per heavy atom. The molecule has 0 aromatic rings. The highest BCUT2D eigenvalue weighted by molar-refractivity contribution is 6.10. The molecular formula is C17H29N3O4. The molecule has 0 aromatic carbocycles. The van der Waals surface area contributed by atoms with E-state index in [-0.39, 0.29) is 18.8 Å². The first-order valence-electron chi connectivity index (χ1n) is 8.04. The standard InChI is InChI=1S/C17H29N3O4/c1-8-23-14(21)12(18)11-9-20(15(22)24-16(2,3)4)10-17(5,6)13(11)19-7/h8-10,18H2,1-7H3/b12-11-,19-13?. The normalized spacial score (nSPS) is 21.5. The van der Waals surface area contributed by atoms with E-state index in [1.165, 1.54) is 0 Å². The molecule has 0 bridgehead atoms. The third-order valence-electron chi connectivity index (χ3n) is 3.56. The van der Waals surface area contributed by atoms with Gasteiger partial charge in [0.05, 0.1) is 13.2 Å². The first-order valence-corrected chi connectivity index (χ1v) is 8.04. The number of carbonyl (C=O) groups is 2. The van der Waals surface area contributed by atoms with Crippen LogP contribution in [0.4, 0.5) is 4.79 Å². The molecule has 0 spiro atoms. The van der Waals surface area contributed by atoms with Crippen LogP contribution in [0.25, 0.3) is 0 Å². The van der Waals surface area contributed by atoms with Crippen LogP contribution in [-0.4, -0.2) is 55.0 Å². The van der Waals surface area contributed by atoms with E-state index in [1.54, 1.807) is 18.9 Å². The van der Waals surface area contributed by atoms with Crippen LogP contribution in [0.5, 0.6) is 0 Å². The smallest absolute Gasteiger partial charge is 0.410 e. The number of nitrogens with zero attached hydrogens (tertiary/aromatic N) is 2. The number of rotatable bonds is 2. The molecule has 0 aliphatic carbocycles. The van der Waals surface area contributed by atoms with Gasteiger partial charge in [0.15, 0.2) is 0 Å². The summed E-state index contributed by atoms with van der Waals surface area (Å²) in [5, 5.41) is 0. The Morgan fingerprint density at radius 1 is 1.33 bits per heavy atom. The molecule has 2 N–H and O–H groups in total. The molecule has 1 heterocycles. The van der Waals surface area contributed by atoms with Crippen LogP contribution in [0.15, 0.2) is 16.3 Å². The molecular weight excluding hydrogens is 310 g/mol. The predicted octanol–water partition coefficient (Wildman–Crippen LogP) is 2.11. The Morgan fingerprint density at radius 2 is 1.92 bits per heavy atom. The summed E-state index contributed by atoms with van der Waals surface area (Å²) in [4.78, 5) is 30.3. The number of hydrogen-bond donors (Lipinski definition) is 1. The van der Waals surface area contributed by atoms with Crippen LogP contribution in [-0.2, 0) is 14.3 Å². The lowest BCUT2D eigenvalue weighted by atomic mass is 9.78. The van der Waals surface area contributed by atoms with Gasteiger partial charge in [0.2, 0.25) is 0 Å². The molecule has 7 heteroatoms. The van der Waals surface area contributed by atoms with E-state index in [0.29, 0.717) is 17.8 Å². The average molecular weight is 339 g/mol. The Hall–Kier alpha value is -2.05. The van der Waals surface area contributed by atoms with Crippen molar-refractivity contribution in [1.82, 2.24) is 4.90 Å². The first kappa shape index (κ1) is 20.0. The Kier molecular flexibility index (Phi) is 6.03. The van der Waals surface area contributed by atoms with E-state index in [4.69, 9.17) is 15.2 Å². The zero-order chi connectivity index (χ0) is 18.7. The minimum atomic E-state index is -0.601. The number of nitrogens with two attached hydrogens (primary N) is 1. The molecule has 1 aliphatic heterocycles. The topological polar surface area (TPSA) is 94.2 Å². The van der Waals surface area contributed by atoms with Gasteiger partial charge >= 0.3 is 12.1 Å².